The lowest BCUT2D eigenvalue weighted by Crippen LogP contribution is -2.46. The normalized spacial score (nSPS) is 25.4. The number of rotatable bonds is 6. The van der Waals surface area contributed by atoms with Gasteiger partial charge < -0.3 is 5.32 Å². The molecule has 2 unspecified atom stereocenters. The number of hydrogen-bond donors (Lipinski definition) is 1. The quantitative estimate of drug-likeness (QED) is 0.681. The smallest absolute Gasteiger partial charge is 0.0218 e. The predicted octanol–water partition coefficient (Wildman–Crippen LogP) is 2.50. The first-order valence-electron chi connectivity index (χ1n) is 6.72. The second kappa shape index (κ2) is 7.24. The molecule has 0 aromatic rings. The van der Waals surface area contributed by atoms with Gasteiger partial charge in [-0.2, -0.15) is 0 Å². The highest BCUT2D eigenvalue weighted by Gasteiger charge is 2.21. The van der Waals surface area contributed by atoms with Crippen LogP contribution in [-0.4, -0.2) is 37.1 Å². The molecule has 0 amide bonds. The molecule has 1 N–H and O–H groups in total. The summed E-state index contributed by atoms with van der Waals surface area (Å²) in [5, 5.41) is 3.56. The van der Waals surface area contributed by atoms with Crippen molar-refractivity contribution < 1.29 is 0 Å². The van der Waals surface area contributed by atoms with Gasteiger partial charge in [0, 0.05) is 19.1 Å². The first kappa shape index (κ1) is 13.0. The van der Waals surface area contributed by atoms with E-state index in [1.165, 1.54) is 51.9 Å². The van der Waals surface area contributed by atoms with E-state index in [1.54, 1.807) is 0 Å². The van der Waals surface area contributed by atoms with Gasteiger partial charge in [-0.05, 0) is 44.7 Å². The molecule has 15 heavy (non-hydrogen) atoms. The summed E-state index contributed by atoms with van der Waals surface area (Å²) in [6.45, 7) is 11.9. The third-order valence-corrected chi connectivity index (χ3v) is 3.48. The van der Waals surface area contributed by atoms with E-state index in [0.29, 0.717) is 0 Å². The van der Waals surface area contributed by atoms with E-state index in [4.69, 9.17) is 0 Å². The third kappa shape index (κ3) is 4.52. The maximum absolute atomic E-state index is 3.56. The molecule has 0 aromatic carbocycles. The topological polar surface area (TPSA) is 15.3 Å². The summed E-state index contributed by atoms with van der Waals surface area (Å²) in [5.74, 6) is 0.902. The van der Waals surface area contributed by atoms with Gasteiger partial charge in [-0.3, -0.25) is 4.90 Å². The Labute approximate surface area is 95.4 Å². The maximum Gasteiger partial charge on any atom is 0.0218 e. The van der Waals surface area contributed by atoms with Crippen LogP contribution in [0.15, 0.2) is 0 Å². The van der Waals surface area contributed by atoms with Gasteiger partial charge in [-0.1, -0.05) is 20.8 Å². The van der Waals surface area contributed by atoms with Crippen molar-refractivity contribution in [2.24, 2.45) is 5.92 Å². The second-order valence-electron chi connectivity index (χ2n) is 5.01. The van der Waals surface area contributed by atoms with Gasteiger partial charge in [0.05, 0.1) is 0 Å². The van der Waals surface area contributed by atoms with Crippen molar-refractivity contribution in [3.05, 3.63) is 0 Å². The van der Waals surface area contributed by atoms with Crippen molar-refractivity contribution in [1.29, 1.82) is 0 Å². The summed E-state index contributed by atoms with van der Waals surface area (Å²) in [7, 11) is 0. The minimum atomic E-state index is 0.763. The molecule has 90 valence electrons. The molecule has 1 saturated heterocycles. The molecular formula is C13H28N2. The van der Waals surface area contributed by atoms with Crippen molar-refractivity contribution in [3.8, 4) is 0 Å². The molecule has 2 heteroatoms. The summed E-state index contributed by atoms with van der Waals surface area (Å²) in [5.41, 5.74) is 0. The highest BCUT2D eigenvalue weighted by atomic mass is 15.2. The van der Waals surface area contributed by atoms with E-state index >= 15 is 0 Å². The average molecular weight is 212 g/mol. The van der Waals surface area contributed by atoms with Crippen LogP contribution >= 0.6 is 0 Å². The van der Waals surface area contributed by atoms with Crippen LogP contribution < -0.4 is 5.32 Å². The lowest BCUT2D eigenvalue weighted by molar-refractivity contribution is 0.125. The Balaban J connectivity index is 2.29. The number of nitrogens with zero attached hydrogens (tertiary/aromatic N) is 1. The Morgan fingerprint density at radius 2 is 2.20 bits per heavy atom. The zero-order valence-corrected chi connectivity index (χ0v) is 10.8. The Morgan fingerprint density at radius 3 is 2.80 bits per heavy atom. The standard InChI is InChI=1S/C13H28N2/c1-4-8-14-10-13(5-2)15-9-6-7-12(3)11-15/h12-14H,4-11H2,1-3H3. The first-order valence-corrected chi connectivity index (χ1v) is 6.72. The van der Waals surface area contributed by atoms with E-state index in [9.17, 15) is 0 Å². The summed E-state index contributed by atoms with van der Waals surface area (Å²) < 4.78 is 0. The van der Waals surface area contributed by atoms with Crippen LogP contribution in [0.3, 0.4) is 0 Å². The van der Waals surface area contributed by atoms with Crippen molar-refractivity contribution in [3.63, 3.8) is 0 Å². The second-order valence-corrected chi connectivity index (χ2v) is 5.01. The molecule has 1 aliphatic rings. The Kier molecular flexibility index (Phi) is 6.26. The third-order valence-electron chi connectivity index (χ3n) is 3.48. The fraction of sp³-hybridized carbons (Fsp3) is 1.00. The summed E-state index contributed by atoms with van der Waals surface area (Å²) in [6.07, 6.45) is 5.34. The fourth-order valence-electron chi connectivity index (χ4n) is 2.53. The molecule has 1 aliphatic heterocycles. The Hall–Kier alpha value is -0.0800. The van der Waals surface area contributed by atoms with Crippen LogP contribution in [0.5, 0.6) is 0 Å². The van der Waals surface area contributed by atoms with Crippen LogP contribution in [0.1, 0.15) is 46.5 Å². The molecule has 0 aromatic heterocycles. The van der Waals surface area contributed by atoms with Gasteiger partial charge in [-0.15, -0.1) is 0 Å². The largest absolute Gasteiger partial charge is 0.315 e. The monoisotopic (exact) mass is 212 g/mol. The van der Waals surface area contributed by atoms with Gasteiger partial charge in [0.1, 0.15) is 0 Å². The number of piperidine rings is 1. The minimum absolute atomic E-state index is 0.763. The Morgan fingerprint density at radius 1 is 1.40 bits per heavy atom. The number of hydrogen-bond acceptors (Lipinski definition) is 2. The van der Waals surface area contributed by atoms with Crippen LogP contribution in [0.4, 0.5) is 0 Å². The van der Waals surface area contributed by atoms with Crippen LogP contribution in [0.2, 0.25) is 0 Å². The molecule has 2 atom stereocenters. The highest BCUT2D eigenvalue weighted by molar-refractivity contribution is 4.78. The summed E-state index contributed by atoms with van der Waals surface area (Å²) in [4.78, 5) is 2.69. The average Bonchev–Trinajstić information content (AvgIpc) is 2.24. The molecule has 1 rings (SSSR count). The molecule has 1 heterocycles. The lowest BCUT2D eigenvalue weighted by atomic mass is 9.98. The van der Waals surface area contributed by atoms with Gasteiger partial charge >= 0.3 is 0 Å². The number of likely N-dealkylation sites (tertiary alicyclic amines) is 1. The van der Waals surface area contributed by atoms with Crippen LogP contribution in [0, 0.1) is 5.92 Å². The van der Waals surface area contributed by atoms with Gasteiger partial charge in [-0.25, -0.2) is 0 Å². The minimum Gasteiger partial charge on any atom is -0.315 e. The van der Waals surface area contributed by atoms with E-state index < -0.39 is 0 Å². The maximum atomic E-state index is 3.56. The van der Waals surface area contributed by atoms with Crippen LogP contribution in [0.25, 0.3) is 0 Å². The molecule has 0 bridgehead atoms. The predicted molar refractivity (Wildman–Crippen MR) is 67.2 cm³/mol. The van der Waals surface area contributed by atoms with E-state index in [2.05, 4.69) is 31.0 Å². The van der Waals surface area contributed by atoms with Crippen molar-refractivity contribution >= 4 is 0 Å². The summed E-state index contributed by atoms with van der Waals surface area (Å²) in [6, 6.07) is 0.763. The molecule has 2 nitrogen and oxygen atoms in total. The Bertz CT molecular complexity index is 159. The lowest BCUT2D eigenvalue weighted by Gasteiger charge is -2.37. The van der Waals surface area contributed by atoms with E-state index in [-0.39, 0.29) is 0 Å². The first-order chi connectivity index (χ1) is 7.27. The van der Waals surface area contributed by atoms with Crippen molar-refractivity contribution in [2.45, 2.75) is 52.5 Å². The van der Waals surface area contributed by atoms with Crippen molar-refractivity contribution in [1.82, 2.24) is 10.2 Å². The summed E-state index contributed by atoms with van der Waals surface area (Å²) >= 11 is 0. The van der Waals surface area contributed by atoms with Gasteiger partial charge in [0.15, 0.2) is 0 Å². The van der Waals surface area contributed by atoms with Gasteiger partial charge in [0.2, 0.25) is 0 Å². The molecule has 0 aliphatic carbocycles. The zero-order chi connectivity index (χ0) is 11.1. The van der Waals surface area contributed by atoms with E-state index in [1.807, 2.05) is 0 Å². The zero-order valence-electron chi connectivity index (χ0n) is 10.8. The molecular weight excluding hydrogens is 184 g/mol. The van der Waals surface area contributed by atoms with E-state index in [0.717, 1.165) is 12.0 Å². The molecule has 0 spiro atoms. The molecule has 1 fully saturated rings. The van der Waals surface area contributed by atoms with Crippen LogP contribution in [-0.2, 0) is 0 Å². The van der Waals surface area contributed by atoms with Crippen molar-refractivity contribution in [2.75, 3.05) is 26.2 Å². The SMILES string of the molecule is CCCNCC(CC)N1CCCC(C)C1. The molecule has 0 radical (unpaired) electrons. The number of nitrogens with one attached hydrogen (secondary N) is 1. The highest BCUT2D eigenvalue weighted by Crippen LogP contribution is 2.18. The van der Waals surface area contributed by atoms with Gasteiger partial charge in [0.25, 0.3) is 0 Å². The molecule has 0 saturated carbocycles. The fourth-order valence-corrected chi connectivity index (χ4v) is 2.53.